The van der Waals surface area contributed by atoms with E-state index in [1.807, 2.05) is 13.0 Å². The van der Waals surface area contributed by atoms with Crippen LogP contribution in [0.1, 0.15) is 34.5 Å². The minimum Gasteiger partial charge on any atom is -0.379 e. The molecule has 3 rings (SSSR count). The van der Waals surface area contributed by atoms with Gasteiger partial charge in [0, 0.05) is 19.3 Å². The van der Waals surface area contributed by atoms with E-state index in [1.54, 1.807) is 24.0 Å². The summed E-state index contributed by atoms with van der Waals surface area (Å²) >= 11 is 0. The van der Waals surface area contributed by atoms with E-state index in [1.165, 1.54) is 12.3 Å². The van der Waals surface area contributed by atoms with Gasteiger partial charge >= 0.3 is 10.1 Å². The molecular weight excluding hydrogens is 328 g/mol. The molecule has 0 aliphatic carbocycles. The van der Waals surface area contributed by atoms with E-state index in [2.05, 4.69) is 4.98 Å². The SMILES string of the molecule is Cc1cccc(OS(=O)(=O)c2c[nH]c(C(=O)N3CCCC3)c2)c1C. The first-order valence-corrected chi connectivity index (χ1v) is 9.28. The second-order valence-electron chi connectivity index (χ2n) is 5.98. The van der Waals surface area contributed by atoms with Crippen LogP contribution in [-0.2, 0) is 10.1 Å². The molecule has 0 unspecified atom stereocenters. The molecule has 0 saturated carbocycles. The van der Waals surface area contributed by atoms with E-state index in [0.717, 1.165) is 24.0 Å². The summed E-state index contributed by atoms with van der Waals surface area (Å²) in [5.74, 6) is 0.115. The van der Waals surface area contributed by atoms with Crippen LogP contribution in [0.3, 0.4) is 0 Å². The van der Waals surface area contributed by atoms with Crippen molar-refractivity contribution in [1.29, 1.82) is 0 Å². The smallest absolute Gasteiger partial charge is 0.340 e. The van der Waals surface area contributed by atoms with Crippen LogP contribution in [0.15, 0.2) is 35.4 Å². The summed E-state index contributed by atoms with van der Waals surface area (Å²) in [4.78, 5) is 16.7. The molecule has 24 heavy (non-hydrogen) atoms. The number of hydrogen-bond acceptors (Lipinski definition) is 4. The molecule has 1 aliphatic rings. The fourth-order valence-corrected chi connectivity index (χ4v) is 3.69. The summed E-state index contributed by atoms with van der Waals surface area (Å²) < 4.78 is 30.2. The first kappa shape index (κ1) is 16.6. The highest BCUT2D eigenvalue weighted by Crippen LogP contribution is 2.25. The van der Waals surface area contributed by atoms with Crippen LogP contribution >= 0.6 is 0 Å². The van der Waals surface area contributed by atoms with Crippen molar-refractivity contribution in [2.24, 2.45) is 0 Å². The summed E-state index contributed by atoms with van der Waals surface area (Å²) in [5.41, 5.74) is 1.98. The number of hydrogen-bond donors (Lipinski definition) is 1. The first-order valence-electron chi connectivity index (χ1n) is 7.87. The highest BCUT2D eigenvalue weighted by Gasteiger charge is 2.25. The lowest BCUT2D eigenvalue weighted by Crippen LogP contribution is -2.27. The topological polar surface area (TPSA) is 79.5 Å². The molecule has 128 valence electrons. The molecule has 6 nitrogen and oxygen atoms in total. The Bertz CT molecular complexity index is 864. The number of nitrogens with zero attached hydrogens (tertiary/aromatic N) is 1. The third-order valence-electron chi connectivity index (χ3n) is 4.32. The Labute approximate surface area is 141 Å². The van der Waals surface area contributed by atoms with E-state index in [0.29, 0.717) is 18.8 Å². The number of nitrogens with one attached hydrogen (secondary N) is 1. The Morgan fingerprint density at radius 3 is 2.62 bits per heavy atom. The number of aryl methyl sites for hydroxylation is 1. The Morgan fingerprint density at radius 1 is 1.21 bits per heavy atom. The maximum atomic E-state index is 12.5. The number of likely N-dealkylation sites (tertiary alicyclic amines) is 1. The van der Waals surface area contributed by atoms with Crippen molar-refractivity contribution in [3.8, 4) is 5.75 Å². The zero-order chi connectivity index (χ0) is 17.3. The van der Waals surface area contributed by atoms with E-state index >= 15 is 0 Å². The van der Waals surface area contributed by atoms with Gasteiger partial charge in [-0.3, -0.25) is 4.79 Å². The standard InChI is InChI=1S/C17H20N2O4S/c1-12-6-5-7-16(13(12)2)23-24(21,22)14-10-15(18-11-14)17(20)19-8-3-4-9-19/h5-7,10-11,18H,3-4,8-9H2,1-2H3. The number of amides is 1. The molecular formula is C17H20N2O4S. The molecule has 1 aromatic carbocycles. The Balaban J connectivity index is 1.83. The van der Waals surface area contributed by atoms with Crippen molar-refractivity contribution in [3.63, 3.8) is 0 Å². The molecule has 7 heteroatoms. The van der Waals surface area contributed by atoms with Gasteiger partial charge in [0.25, 0.3) is 5.91 Å². The van der Waals surface area contributed by atoms with Crippen LogP contribution in [0.5, 0.6) is 5.75 Å². The molecule has 0 bridgehead atoms. The van der Waals surface area contributed by atoms with Gasteiger partial charge in [-0.15, -0.1) is 0 Å². The van der Waals surface area contributed by atoms with Crippen LogP contribution in [-0.4, -0.2) is 37.3 Å². The quantitative estimate of drug-likeness (QED) is 0.862. The Morgan fingerprint density at radius 2 is 1.92 bits per heavy atom. The minimum absolute atomic E-state index is 0.0500. The number of benzene rings is 1. The lowest BCUT2D eigenvalue weighted by molar-refractivity contribution is 0.0787. The zero-order valence-corrected chi connectivity index (χ0v) is 14.5. The normalized spacial score (nSPS) is 14.8. The zero-order valence-electron chi connectivity index (χ0n) is 13.7. The molecule has 2 aromatic rings. The van der Waals surface area contributed by atoms with Gasteiger partial charge in [0.1, 0.15) is 16.3 Å². The van der Waals surface area contributed by atoms with E-state index in [4.69, 9.17) is 4.18 Å². The van der Waals surface area contributed by atoms with Gasteiger partial charge in [0.15, 0.2) is 0 Å². The van der Waals surface area contributed by atoms with Crippen molar-refractivity contribution in [1.82, 2.24) is 9.88 Å². The molecule has 1 N–H and O–H groups in total. The van der Waals surface area contributed by atoms with Crippen LogP contribution < -0.4 is 4.18 Å². The number of H-pyrrole nitrogens is 1. The average Bonchev–Trinajstić information content (AvgIpc) is 3.22. The molecule has 0 radical (unpaired) electrons. The summed E-state index contributed by atoms with van der Waals surface area (Å²) in [5, 5.41) is 0. The third-order valence-corrected chi connectivity index (χ3v) is 5.54. The molecule has 1 aromatic heterocycles. The van der Waals surface area contributed by atoms with Crippen LogP contribution in [0.4, 0.5) is 0 Å². The second-order valence-corrected chi connectivity index (χ2v) is 7.53. The fraction of sp³-hybridized carbons (Fsp3) is 0.353. The van der Waals surface area contributed by atoms with Crippen molar-refractivity contribution in [2.45, 2.75) is 31.6 Å². The Kier molecular flexibility index (Phi) is 4.36. The van der Waals surface area contributed by atoms with Gasteiger partial charge in [0.2, 0.25) is 0 Å². The van der Waals surface area contributed by atoms with Gasteiger partial charge < -0.3 is 14.1 Å². The van der Waals surface area contributed by atoms with E-state index in [9.17, 15) is 13.2 Å². The predicted molar refractivity (Wildman–Crippen MR) is 89.7 cm³/mol. The van der Waals surface area contributed by atoms with Crippen molar-refractivity contribution in [2.75, 3.05) is 13.1 Å². The molecule has 0 spiro atoms. The molecule has 0 atom stereocenters. The number of aromatic amines is 1. The van der Waals surface area contributed by atoms with Crippen LogP contribution in [0.25, 0.3) is 0 Å². The van der Waals surface area contributed by atoms with Gasteiger partial charge in [-0.05, 0) is 49.9 Å². The number of rotatable bonds is 4. The average molecular weight is 348 g/mol. The fourth-order valence-electron chi connectivity index (χ4n) is 2.71. The summed E-state index contributed by atoms with van der Waals surface area (Å²) in [6, 6.07) is 6.58. The molecule has 1 fully saturated rings. The maximum absolute atomic E-state index is 12.5. The summed E-state index contributed by atoms with van der Waals surface area (Å²) in [7, 11) is -3.99. The molecule has 1 aliphatic heterocycles. The van der Waals surface area contributed by atoms with Gasteiger partial charge in [0.05, 0.1) is 0 Å². The van der Waals surface area contributed by atoms with Crippen LogP contribution in [0.2, 0.25) is 0 Å². The Hall–Kier alpha value is -2.28. The van der Waals surface area contributed by atoms with Crippen LogP contribution in [0, 0.1) is 13.8 Å². The van der Waals surface area contributed by atoms with E-state index < -0.39 is 10.1 Å². The highest BCUT2D eigenvalue weighted by molar-refractivity contribution is 7.87. The third kappa shape index (κ3) is 3.17. The minimum atomic E-state index is -3.99. The van der Waals surface area contributed by atoms with Crippen molar-refractivity contribution in [3.05, 3.63) is 47.3 Å². The monoisotopic (exact) mass is 348 g/mol. The van der Waals surface area contributed by atoms with Gasteiger partial charge in [-0.25, -0.2) is 0 Å². The van der Waals surface area contributed by atoms with Gasteiger partial charge in [-0.1, -0.05) is 12.1 Å². The van der Waals surface area contributed by atoms with Crippen molar-refractivity contribution < 1.29 is 17.4 Å². The first-order chi connectivity index (χ1) is 11.4. The number of carbonyl (C=O) groups excluding carboxylic acids is 1. The number of aromatic nitrogens is 1. The highest BCUT2D eigenvalue weighted by atomic mass is 32.2. The lowest BCUT2D eigenvalue weighted by atomic mass is 10.1. The second kappa shape index (κ2) is 6.32. The molecule has 1 amide bonds. The maximum Gasteiger partial charge on any atom is 0.340 e. The lowest BCUT2D eigenvalue weighted by Gasteiger charge is -2.13. The number of carbonyl (C=O) groups is 1. The summed E-state index contributed by atoms with van der Waals surface area (Å²) in [6.07, 6.45) is 3.25. The largest absolute Gasteiger partial charge is 0.379 e. The molecule has 2 heterocycles. The molecule has 1 saturated heterocycles. The van der Waals surface area contributed by atoms with Gasteiger partial charge in [-0.2, -0.15) is 8.42 Å². The van der Waals surface area contributed by atoms with Crippen molar-refractivity contribution >= 4 is 16.0 Å². The predicted octanol–water partition coefficient (Wildman–Crippen LogP) is 2.64. The summed E-state index contributed by atoms with van der Waals surface area (Å²) in [6.45, 7) is 5.11. The van der Waals surface area contributed by atoms with E-state index in [-0.39, 0.29) is 16.5 Å².